The van der Waals surface area contributed by atoms with Gasteiger partial charge in [-0.3, -0.25) is 10.1 Å². The number of nitrogens with zero attached hydrogens (tertiary/aromatic N) is 1. The number of aromatic amines is 1. The molecule has 0 radical (unpaired) electrons. The van der Waals surface area contributed by atoms with Crippen LogP contribution in [-0.2, 0) is 0 Å². The van der Waals surface area contributed by atoms with Crippen LogP contribution >= 0.6 is 0 Å². The first-order valence-corrected chi connectivity index (χ1v) is 4.15. The molecule has 0 aliphatic carbocycles. The second-order valence-corrected chi connectivity index (χ2v) is 2.90. The lowest BCUT2D eigenvalue weighted by Crippen LogP contribution is -1.86. The summed E-state index contributed by atoms with van der Waals surface area (Å²) in [7, 11) is 0. The van der Waals surface area contributed by atoms with E-state index < -0.39 is 4.92 Å². The monoisotopic (exact) mass is 188 g/mol. The molecule has 1 aromatic heterocycles. The lowest BCUT2D eigenvalue weighted by molar-refractivity contribution is -0.384. The molecule has 0 aliphatic heterocycles. The van der Waals surface area contributed by atoms with Crippen molar-refractivity contribution in [3.8, 4) is 11.1 Å². The number of nitro benzene ring substituents is 1. The second kappa shape index (κ2) is 3.33. The number of non-ortho nitro benzene ring substituents is 1. The fraction of sp³-hybridized carbons (Fsp3) is 0. The number of rotatable bonds is 2. The highest BCUT2D eigenvalue weighted by Gasteiger charge is 2.04. The molecule has 0 amide bonds. The van der Waals surface area contributed by atoms with E-state index in [0.717, 1.165) is 11.1 Å². The molecule has 0 aliphatic rings. The number of H-pyrrole nitrogens is 1. The molecule has 4 heteroatoms. The van der Waals surface area contributed by atoms with Crippen molar-refractivity contribution in [2.45, 2.75) is 0 Å². The van der Waals surface area contributed by atoms with Crippen LogP contribution in [-0.4, -0.2) is 9.91 Å². The first-order chi connectivity index (χ1) is 6.77. The van der Waals surface area contributed by atoms with Gasteiger partial charge in [-0.1, -0.05) is 0 Å². The Bertz CT molecular complexity index is 432. The van der Waals surface area contributed by atoms with E-state index >= 15 is 0 Å². The van der Waals surface area contributed by atoms with Gasteiger partial charge in [0.25, 0.3) is 5.69 Å². The molecule has 0 bridgehead atoms. The zero-order valence-corrected chi connectivity index (χ0v) is 7.31. The quantitative estimate of drug-likeness (QED) is 0.581. The maximum Gasteiger partial charge on any atom is 0.269 e. The smallest absolute Gasteiger partial charge is 0.269 e. The first-order valence-electron chi connectivity index (χ1n) is 4.15. The minimum Gasteiger partial charge on any atom is -0.367 e. The van der Waals surface area contributed by atoms with Gasteiger partial charge >= 0.3 is 0 Å². The van der Waals surface area contributed by atoms with Gasteiger partial charge in [-0.15, -0.1) is 0 Å². The zero-order valence-electron chi connectivity index (χ0n) is 7.31. The van der Waals surface area contributed by atoms with Crippen LogP contribution < -0.4 is 0 Å². The van der Waals surface area contributed by atoms with E-state index in [2.05, 4.69) is 4.98 Å². The molecule has 1 aromatic carbocycles. The summed E-state index contributed by atoms with van der Waals surface area (Å²) in [5.74, 6) is 0. The van der Waals surface area contributed by atoms with Crippen LogP contribution in [0.4, 0.5) is 5.69 Å². The van der Waals surface area contributed by atoms with Crippen LogP contribution in [0, 0.1) is 10.1 Å². The van der Waals surface area contributed by atoms with Gasteiger partial charge in [0.05, 0.1) is 4.92 Å². The fourth-order valence-electron chi connectivity index (χ4n) is 1.28. The van der Waals surface area contributed by atoms with Crippen LogP contribution in [0.5, 0.6) is 0 Å². The number of nitrogens with one attached hydrogen (secondary N) is 1. The maximum absolute atomic E-state index is 10.4. The Kier molecular flexibility index (Phi) is 2.02. The highest BCUT2D eigenvalue weighted by molar-refractivity contribution is 5.63. The largest absolute Gasteiger partial charge is 0.367 e. The average molecular weight is 188 g/mol. The third kappa shape index (κ3) is 1.50. The van der Waals surface area contributed by atoms with Crippen molar-refractivity contribution >= 4 is 5.69 Å². The molecule has 0 unspecified atom stereocenters. The number of benzene rings is 1. The molecule has 1 heterocycles. The predicted molar refractivity (Wildman–Crippen MR) is 52.9 cm³/mol. The van der Waals surface area contributed by atoms with E-state index in [9.17, 15) is 10.1 Å². The van der Waals surface area contributed by atoms with Gasteiger partial charge in [-0.25, -0.2) is 0 Å². The first kappa shape index (κ1) is 8.50. The van der Waals surface area contributed by atoms with E-state index in [1.807, 2.05) is 18.5 Å². The van der Waals surface area contributed by atoms with Crippen LogP contribution in [0.25, 0.3) is 11.1 Å². The standard InChI is InChI=1S/C10H8N2O2/c13-12(14)10-3-1-8(2-4-10)9-5-6-11-7-9/h1-7,11H. The minimum absolute atomic E-state index is 0.115. The summed E-state index contributed by atoms with van der Waals surface area (Å²) in [6.45, 7) is 0. The van der Waals surface area contributed by atoms with E-state index in [4.69, 9.17) is 0 Å². The number of hydrogen-bond acceptors (Lipinski definition) is 2. The van der Waals surface area contributed by atoms with Gasteiger partial charge in [-0.2, -0.15) is 0 Å². The summed E-state index contributed by atoms with van der Waals surface area (Å²) in [6, 6.07) is 8.40. The molecule has 0 fully saturated rings. The topological polar surface area (TPSA) is 58.9 Å². The Morgan fingerprint density at radius 3 is 2.29 bits per heavy atom. The molecule has 70 valence electrons. The SMILES string of the molecule is O=[N+]([O-])c1ccc(-c2cc[nH]c2)cc1. The third-order valence-corrected chi connectivity index (χ3v) is 2.01. The van der Waals surface area contributed by atoms with E-state index in [0.29, 0.717) is 0 Å². The van der Waals surface area contributed by atoms with Crippen molar-refractivity contribution in [2.24, 2.45) is 0 Å². The molecule has 0 saturated carbocycles. The summed E-state index contributed by atoms with van der Waals surface area (Å²) in [4.78, 5) is 12.9. The van der Waals surface area contributed by atoms with Crippen LogP contribution in [0.3, 0.4) is 0 Å². The number of aromatic nitrogens is 1. The predicted octanol–water partition coefficient (Wildman–Crippen LogP) is 2.59. The Hall–Kier alpha value is -2.10. The van der Waals surface area contributed by atoms with Gasteiger partial charge < -0.3 is 4.98 Å². The molecule has 0 spiro atoms. The van der Waals surface area contributed by atoms with Crippen molar-refractivity contribution in [1.82, 2.24) is 4.98 Å². The lowest BCUT2D eigenvalue weighted by atomic mass is 10.1. The molecule has 0 saturated heterocycles. The normalized spacial score (nSPS) is 10.0. The molecular formula is C10H8N2O2. The highest BCUT2D eigenvalue weighted by Crippen LogP contribution is 2.21. The maximum atomic E-state index is 10.4. The van der Waals surface area contributed by atoms with Crippen LogP contribution in [0.15, 0.2) is 42.7 Å². The summed E-state index contributed by atoms with van der Waals surface area (Å²) in [5, 5.41) is 10.4. The van der Waals surface area contributed by atoms with E-state index in [1.165, 1.54) is 12.1 Å². The summed E-state index contributed by atoms with van der Waals surface area (Å²) in [6.07, 6.45) is 3.66. The Morgan fingerprint density at radius 1 is 1.07 bits per heavy atom. The Balaban J connectivity index is 2.36. The third-order valence-electron chi connectivity index (χ3n) is 2.01. The summed E-state index contributed by atoms with van der Waals surface area (Å²) >= 11 is 0. The van der Waals surface area contributed by atoms with Crippen LogP contribution in [0.2, 0.25) is 0 Å². The highest BCUT2D eigenvalue weighted by atomic mass is 16.6. The number of nitro groups is 1. The van der Waals surface area contributed by atoms with Crippen molar-refractivity contribution in [3.05, 3.63) is 52.8 Å². The van der Waals surface area contributed by atoms with Crippen molar-refractivity contribution in [1.29, 1.82) is 0 Å². The molecule has 2 rings (SSSR count). The molecule has 0 atom stereocenters. The van der Waals surface area contributed by atoms with Crippen molar-refractivity contribution < 1.29 is 4.92 Å². The van der Waals surface area contributed by atoms with E-state index in [-0.39, 0.29) is 5.69 Å². The second-order valence-electron chi connectivity index (χ2n) is 2.90. The molecular weight excluding hydrogens is 180 g/mol. The molecule has 4 nitrogen and oxygen atoms in total. The van der Waals surface area contributed by atoms with Gasteiger partial charge in [0.2, 0.25) is 0 Å². The van der Waals surface area contributed by atoms with Crippen LogP contribution in [0.1, 0.15) is 0 Å². The molecule has 14 heavy (non-hydrogen) atoms. The Labute approximate surface area is 80.4 Å². The van der Waals surface area contributed by atoms with Gasteiger partial charge in [0, 0.05) is 24.5 Å². The van der Waals surface area contributed by atoms with E-state index in [1.54, 1.807) is 12.1 Å². The number of hydrogen-bond donors (Lipinski definition) is 1. The van der Waals surface area contributed by atoms with Gasteiger partial charge in [-0.05, 0) is 29.3 Å². The van der Waals surface area contributed by atoms with Crippen molar-refractivity contribution in [3.63, 3.8) is 0 Å². The zero-order chi connectivity index (χ0) is 9.97. The van der Waals surface area contributed by atoms with Crippen molar-refractivity contribution in [2.75, 3.05) is 0 Å². The van der Waals surface area contributed by atoms with Gasteiger partial charge in [0.15, 0.2) is 0 Å². The minimum atomic E-state index is -0.402. The molecule has 1 N–H and O–H groups in total. The summed E-state index contributed by atoms with van der Waals surface area (Å²) in [5.41, 5.74) is 2.11. The average Bonchev–Trinajstić information content (AvgIpc) is 2.71. The fourth-order valence-corrected chi connectivity index (χ4v) is 1.28. The van der Waals surface area contributed by atoms with Gasteiger partial charge in [0.1, 0.15) is 0 Å². The lowest BCUT2D eigenvalue weighted by Gasteiger charge is -1.96. The molecule has 2 aromatic rings. The Morgan fingerprint density at radius 2 is 1.79 bits per heavy atom. The summed E-state index contributed by atoms with van der Waals surface area (Å²) < 4.78 is 0.